The standard InChI is InChI=1S/C8H17NO2S/c1-4-9-6-5-8(7(2)3)12(9,10)11/h7-8H,4-6H2,1-3H3. The Morgan fingerprint density at radius 1 is 1.50 bits per heavy atom. The van der Waals surface area contributed by atoms with Crippen LogP contribution in [0.4, 0.5) is 0 Å². The van der Waals surface area contributed by atoms with Gasteiger partial charge in [0.15, 0.2) is 0 Å². The van der Waals surface area contributed by atoms with Gasteiger partial charge in [0.25, 0.3) is 0 Å². The summed E-state index contributed by atoms with van der Waals surface area (Å²) in [6.07, 6.45) is 0.799. The monoisotopic (exact) mass is 191 g/mol. The molecule has 0 radical (unpaired) electrons. The Balaban J connectivity index is 2.86. The van der Waals surface area contributed by atoms with Crippen LogP contribution in [-0.2, 0) is 10.0 Å². The maximum Gasteiger partial charge on any atom is 0.217 e. The zero-order valence-electron chi connectivity index (χ0n) is 7.95. The van der Waals surface area contributed by atoms with Crippen molar-refractivity contribution in [3.8, 4) is 0 Å². The van der Waals surface area contributed by atoms with Gasteiger partial charge in [-0.15, -0.1) is 0 Å². The summed E-state index contributed by atoms with van der Waals surface area (Å²) >= 11 is 0. The van der Waals surface area contributed by atoms with E-state index in [9.17, 15) is 8.42 Å². The third-order valence-electron chi connectivity index (χ3n) is 2.50. The van der Waals surface area contributed by atoms with E-state index in [2.05, 4.69) is 0 Å². The first-order valence-corrected chi connectivity index (χ1v) is 5.99. The van der Waals surface area contributed by atoms with E-state index >= 15 is 0 Å². The largest absolute Gasteiger partial charge is 0.217 e. The van der Waals surface area contributed by atoms with Gasteiger partial charge in [-0.25, -0.2) is 12.7 Å². The number of nitrogens with zero attached hydrogens (tertiary/aromatic N) is 1. The Bertz CT molecular complexity index is 246. The van der Waals surface area contributed by atoms with Crippen LogP contribution in [0.1, 0.15) is 27.2 Å². The fourth-order valence-electron chi connectivity index (χ4n) is 1.75. The maximum atomic E-state index is 11.7. The Labute approximate surface area is 74.8 Å². The molecule has 0 aliphatic carbocycles. The maximum absolute atomic E-state index is 11.7. The van der Waals surface area contributed by atoms with Crippen LogP contribution in [0.25, 0.3) is 0 Å². The van der Waals surface area contributed by atoms with Gasteiger partial charge < -0.3 is 0 Å². The molecule has 0 N–H and O–H groups in total. The molecule has 0 aromatic rings. The van der Waals surface area contributed by atoms with Crippen LogP contribution in [0.15, 0.2) is 0 Å². The average molecular weight is 191 g/mol. The second kappa shape index (κ2) is 3.34. The van der Waals surface area contributed by atoms with Crippen LogP contribution in [0.3, 0.4) is 0 Å². The first kappa shape index (κ1) is 9.99. The molecule has 1 unspecified atom stereocenters. The van der Waals surface area contributed by atoms with E-state index in [1.165, 1.54) is 0 Å². The molecule has 0 aromatic heterocycles. The molecule has 3 nitrogen and oxygen atoms in total. The first-order chi connectivity index (χ1) is 5.50. The summed E-state index contributed by atoms with van der Waals surface area (Å²) in [6, 6.07) is 0. The predicted octanol–water partition coefficient (Wildman–Crippen LogP) is 1.07. The Morgan fingerprint density at radius 2 is 2.08 bits per heavy atom. The molecule has 1 saturated heterocycles. The summed E-state index contributed by atoms with van der Waals surface area (Å²) in [7, 11) is -2.94. The minimum absolute atomic E-state index is 0.141. The normalized spacial score (nSPS) is 29.8. The van der Waals surface area contributed by atoms with Crippen molar-refractivity contribution in [1.82, 2.24) is 4.31 Å². The fourth-order valence-corrected chi connectivity index (χ4v) is 3.95. The summed E-state index contributed by atoms with van der Waals surface area (Å²) in [5.41, 5.74) is 0. The van der Waals surface area contributed by atoms with Crippen molar-refractivity contribution >= 4 is 10.0 Å². The van der Waals surface area contributed by atoms with Crippen molar-refractivity contribution < 1.29 is 8.42 Å². The van der Waals surface area contributed by atoms with Crippen LogP contribution in [0, 0.1) is 5.92 Å². The van der Waals surface area contributed by atoms with Gasteiger partial charge in [-0.2, -0.15) is 0 Å². The number of rotatable bonds is 2. The molecule has 1 heterocycles. The summed E-state index contributed by atoms with van der Waals surface area (Å²) in [5.74, 6) is 0.242. The van der Waals surface area contributed by atoms with Crippen LogP contribution < -0.4 is 0 Å². The molecule has 1 fully saturated rings. The van der Waals surface area contributed by atoms with Crippen molar-refractivity contribution in [2.45, 2.75) is 32.4 Å². The molecule has 1 aliphatic heterocycles. The Hall–Kier alpha value is -0.0900. The van der Waals surface area contributed by atoms with Gasteiger partial charge in [0.2, 0.25) is 10.0 Å². The van der Waals surface area contributed by atoms with E-state index < -0.39 is 10.0 Å². The van der Waals surface area contributed by atoms with Crippen LogP contribution >= 0.6 is 0 Å². The molecule has 1 aliphatic rings. The summed E-state index contributed by atoms with van der Waals surface area (Å²) in [4.78, 5) is 0. The van der Waals surface area contributed by atoms with E-state index in [1.54, 1.807) is 4.31 Å². The van der Waals surface area contributed by atoms with Gasteiger partial charge in [-0.05, 0) is 12.3 Å². The molecule has 0 aromatic carbocycles. The highest BCUT2D eigenvalue weighted by Gasteiger charge is 2.39. The molecular weight excluding hydrogens is 174 g/mol. The minimum atomic E-state index is -2.94. The number of hydrogen-bond donors (Lipinski definition) is 0. The zero-order chi connectivity index (χ0) is 9.35. The van der Waals surface area contributed by atoms with Gasteiger partial charge in [-0.1, -0.05) is 20.8 Å². The van der Waals surface area contributed by atoms with Crippen molar-refractivity contribution in [3.63, 3.8) is 0 Å². The number of hydrogen-bond acceptors (Lipinski definition) is 2. The van der Waals surface area contributed by atoms with Crippen molar-refractivity contribution in [1.29, 1.82) is 0 Å². The molecule has 0 spiro atoms. The highest BCUT2D eigenvalue weighted by atomic mass is 32.2. The fraction of sp³-hybridized carbons (Fsp3) is 1.00. The lowest BCUT2D eigenvalue weighted by atomic mass is 10.1. The quantitative estimate of drug-likeness (QED) is 0.654. The first-order valence-electron chi connectivity index (χ1n) is 4.49. The lowest BCUT2D eigenvalue weighted by molar-refractivity contribution is 0.463. The predicted molar refractivity (Wildman–Crippen MR) is 49.4 cm³/mol. The van der Waals surface area contributed by atoms with Crippen LogP contribution in [0.5, 0.6) is 0 Å². The molecule has 12 heavy (non-hydrogen) atoms. The Morgan fingerprint density at radius 3 is 2.33 bits per heavy atom. The summed E-state index contributed by atoms with van der Waals surface area (Å²) < 4.78 is 25.0. The second-order valence-corrected chi connectivity index (χ2v) is 5.76. The third kappa shape index (κ3) is 1.50. The average Bonchev–Trinajstić information content (AvgIpc) is 2.24. The van der Waals surface area contributed by atoms with E-state index in [4.69, 9.17) is 0 Å². The smallest absolute Gasteiger partial charge is 0.212 e. The topological polar surface area (TPSA) is 37.4 Å². The summed E-state index contributed by atoms with van der Waals surface area (Å²) in [5, 5.41) is -0.141. The highest BCUT2D eigenvalue weighted by Crippen LogP contribution is 2.26. The van der Waals surface area contributed by atoms with E-state index in [-0.39, 0.29) is 11.2 Å². The molecule has 0 saturated carbocycles. The van der Waals surface area contributed by atoms with E-state index in [0.29, 0.717) is 13.1 Å². The highest BCUT2D eigenvalue weighted by molar-refractivity contribution is 7.90. The van der Waals surface area contributed by atoms with Crippen molar-refractivity contribution in [3.05, 3.63) is 0 Å². The Kier molecular flexibility index (Phi) is 2.78. The van der Waals surface area contributed by atoms with E-state index in [1.807, 2.05) is 20.8 Å². The molecule has 1 atom stereocenters. The van der Waals surface area contributed by atoms with Crippen LogP contribution in [0.2, 0.25) is 0 Å². The van der Waals surface area contributed by atoms with Gasteiger partial charge in [0.1, 0.15) is 0 Å². The third-order valence-corrected chi connectivity index (χ3v) is 5.21. The van der Waals surface area contributed by atoms with Gasteiger partial charge in [-0.3, -0.25) is 0 Å². The summed E-state index contributed by atoms with van der Waals surface area (Å²) in [6.45, 7) is 7.16. The lowest BCUT2D eigenvalue weighted by Gasteiger charge is -2.16. The van der Waals surface area contributed by atoms with Gasteiger partial charge >= 0.3 is 0 Å². The molecular formula is C8H17NO2S. The molecule has 0 amide bonds. The zero-order valence-corrected chi connectivity index (χ0v) is 8.76. The lowest BCUT2D eigenvalue weighted by Crippen LogP contribution is -2.31. The number of sulfonamides is 1. The van der Waals surface area contributed by atoms with Crippen LogP contribution in [-0.4, -0.2) is 31.1 Å². The molecule has 72 valence electrons. The SMILES string of the molecule is CCN1CCC(C(C)C)S1(=O)=O. The van der Waals surface area contributed by atoms with Crippen molar-refractivity contribution in [2.75, 3.05) is 13.1 Å². The molecule has 0 bridgehead atoms. The van der Waals surface area contributed by atoms with Gasteiger partial charge in [0.05, 0.1) is 5.25 Å². The second-order valence-electron chi connectivity index (χ2n) is 3.61. The van der Waals surface area contributed by atoms with E-state index in [0.717, 1.165) is 6.42 Å². The van der Waals surface area contributed by atoms with Crippen molar-refractivity contribution in [2.24, 2.45) is 5.92 Å². The van der Waals surface area contributed by atoms with Gasteiger partial charge in [0, 0.05) is 13.1 Å². The minimum Gasteiger partial charge on any atom is -0.212 e. The molecule has 1 rings (SSSR count). The molecule has 4 heteroatoms.